The lowest BCUT2D eigenvalue weighted by Gasteiger charge is -2.23. The lowest BCUT2D eigenvalue weighted by atomic mass is 10.0. The molecule has 1 heterocycles. The zero-order valence-corrected chi connectivity index (χ0v) is 19.6. The number of rotatable bonds is 12. The summed E-state index contributed by atoms with van der Waals surface area (Å²) in [6.07, 6.45) is 4.04. The van der Waals surface area contributed by atoms with E-state index in [0.29, 0.717) is 5.75 Å². The molecule has 0 spiro atoms. The molecule has 9 nitrogen and oxygen atoms in total. The van der Waals surface area contributed by atoms with Crippen LogP contribution in [0.1, 0.15) is 23.2 Å². The molecule has 0 aliphatic carbocycles. The summed E-state index contributed by atoms with van der Waals surface area (Å²) in [6.45, 7) is 10.9. The molecule has 1 aliphatic rings. The van der Waals surface area contributed by atoms with Crippen LogP contribution in [0.5, 0.6) is 5.75 Å². The van der Waals surface area contributed by atoms with E-state index in [1.807, 2.05) is 0 Å². The third kappa shape index (κ3) is 7.51. The van der Waals surface area contributed by atoms with Gasteiger partial charge in [0.1, 0.15) is 31.6 Å². The van der Waals surface area contributed by atoms with Crippen LogP contribution >= 0.6 is 12.6 Å². The number of anilines is 1. The predicted octanol–water partition coefficient (Wildman–Crippen LogP) is 3.39. The van der Waals surface area contributed by atoms with Gasteiger partial charge in [0.25, 0.3) is 0 Å². The molecule has 1 aromatic carbocycles. The molecular formula is C24H28N2O7S. The zero-order valence-electron chi connectivity index (χ0n) is 18.7. The van der Waals surface area contributed by atoms with Gasteiger partial charge < -0.3 is 19.5 Å². The van der Waals surface area contributed by atoms with E-state index in [1.54, 1.807) is 0 Å². The van der Waals surface area contributed by atoms with Gasteiger partial charge >= 0.3 is 12.1 Å². The predicted molar refractivity (Wildman–Crippen MR) is 130 cm³/mol. The standard InChI is InChI=1S/C24H28N2O7S/c1-4-9-31-20-8-7-17(23(29)32-10-5-2)14-18(20)25-22(28)19-12-16(13-21(27)34)15-26(19)24(30)33-11-6-3/h4-8,14,16,19H,1-3,9-13,15H2,(H,25,28)(H,27,34)/t16-,19-/m0/s1. The smallest absolute Gasteiger partial charge is 0.410 e. The van der Waals surface area contributed by atoms with Gasteiger partial charge in [-0.15, -0.1) is 12.6 Å². The van der Waals surface area contributed by atoms with Crippen molar-refractivity contribution in [2.75, 3.05) is 31.7 Å². The summed E-state index contributed by atoms with van der Waals surface area (Å²) in [6, 6.07) is 3.55. The number of ether oxygens (including phenoxy) is 3. The number of likely N-dealkylation sites (tertiary alicyclic amines) is 1. The Kier molecular flexibility index (Phi) is 10.4. The molecule has 1 N–H and O–H groups in total. The van der Waals surface area contributed by atoms with Crippen LogP contribution in [-0.4, -0.2) is 60.4 Å². The van der Waals surface area contributed by atoms with Gasteiger partial charge in [-0.25, -0.2) is 9.59 Å². The van der Waals surface area contributed by atoms with Crippen molar-refractivity contribution in [1.82, 2.24) is 4.90 Å². The Bertz CT molecular complexity index is 963. The molecule has 1 aromatic rings. The number of benzene rings is 1. The van der Waals surface area contributed by atoms with Gasteiger partial charge in [-0.1, -0.05) is 38.0 Å². The lowest BCUT2D eigenvalue weighted by molar-refractivity contribution is -0.120. The van der Waals surface area contributed by atoms with Crippen molar-refractivity contribution in [3.63, 3.8) is 0 Å². The second-order valence-corrected chi connectivity index (χ2v) is 7.92. The fourth-order valence-corrected chi connectivity index (χ4v) is 3.70. The minimum atomic E-state index is -0.904. The Morgan fingerprint density at radius 3 is 2.38 bits per heavy atom. The van der Waals surface area contributed by atoms with Crippen LogP contribution in [0.4, 0.5) is 10.5 Å². The highest BCUT2D eigenvalue weighted by Crippen LogP contribution is 2.31. The first kappa shape index (κ1) is 26.7. The van der Waals surface area contributed by atoms with Crippen LogP contribution in [0.15, 0.2) is 56.2 Å². The molecule has 0 aromatic heterocycles. The molecule has 2 atom stereocenters. The molecule has 182 valence electrons. The fourth-order valence-electron chi connectivity index (χ4n) is 3.44. The number of nitrogens with zero attached hydrogens (tertiary/aromatic N) is 1. The number of amides is 2. The summed E-state index contributed by atoms with van der Waals surface area (Å²) in [5.74, 6) is -1.08. The fraction of sp³-hybridized carbons (Fsp3) is 0.333. The summed E-state index contributed by atoms with van der Waals surface area (Å²) in [5, 5.41) is 2.39. The Hall–Kier alpha value is -3.53. The van der Waals surface area contributed by atoms with Gasteiger partial charge in [-0.3, -0.25) is 14.5 Å². The van der Waals surface area contributed by atoms with E-state index in [0.717, 1.165) is 0 Å². The summed E-state index contributed by atoms with van der Waals surface area (Å²) in [5.41, 5.74) is 0.406. The Balaban J connectivity index is 2.29. The molecule has 0 bridgehead atoms. The molecular weight excluding hydrogens is 460 g/mol. The van der Waals surface area contributed by atoms with Gasteiger partial charge in [0.05, 0.1) is 11.3 Å². The topological polar surface area (TPSA) is 111 Å². The van der Waals surface area contributed by atoms with Crippen LogP contribution in [-0.2, 0) is 19.1 Å². The first-order valence-electron chi connectivity index (χ1n) is 10.5. The number of nitrogens with one attached hydrogen (secondary N) is 1. The Morgan fingerprint density at radius 1 is 1.06 bits per heavy atom. The molecule has 1 aliphatic heterocycles. The molecule has 1 saturated heterocycles. The average Bonchev–Trinajstić information content (AvgIpc) is 3.23. The van der Waals surface area contributed by atoms with Crippen molar-refractivity contribution in [2.24, 2.45) is 5.92 Å². The minimum Gasteiger partial charge on any atom is -0.487 e. The molecule has 10 heteroatoms. The van der Waals surface area contributed by atoms with E-state index in [-0.39, 0.29) is 61.5 Å². The number of hydrogen-bond donors (Lipinski definition) is 2. The minimum absolute atomic E-state index is 0.0196. The Labute approximate surface area is 203 Å². The molecule has 1 fully saturated rings. The van der Waals surface area contributed by atoms with Gasteiger partial charge in [0.2, 0.25) is 5.91 Å². The molecule has 2 amide bonds. The molecule has 34 heavy (non-hydrogen) atoms. The maximum atomic E-state index is 13.2. The highest BCUT2D eigenvalue weighted by Gasteiger charge is 2.41. The lowest BCUT2D eigenvalue weighted by Crippen LogP contribution is -2.43. The van der Waals surface area contributed by atoms with E-state index in [2.05, 4.69) is 37.7 Å². The largest absolute Gasteiger partial charge is 0.487 e. The van der Waals surface area contributed by atoms with Crippen LogP contribution in [0.3, 0.4) is 0 Å². The third-order valence-electron chi connectivity index (χ3n) is 4.87. The third-order valence-corrected chi connectivity index (χ3v) is 5.06. The molecule has 0 unspecified atom stereocenters. The van der Waals surface area contributed by atoms with E-state index in [9.17, 15) is 19.2 Å². The maximum absolute atomic E-state index is 13.2. The number of carbonyl (C=O) groups excluding carboxylic acids is 4. The monoisotopic (exact) mass is 488 g/mol. The summed E-state index contributed by atoms with van der Waals surface area (Å²) in [7, 11) is 0. The Morgan fingerprint density at radius 2 is 1.74 bits per heavy atom. The number of thiol groups is 1. The number of esters is 1. The maximum Gasteiger partial charge on any atom is 0.410 e. The van der Waals surface area contributed by atoms with Crippen LogP contribution < -0.4 is 10.1 Å². The number of hydrogen-bond acceptors (Lipinski definition) is 7. The van der Waals surface area contributed by atoms with E-state index >= 15 is 0 Å². The molecule has 0 saturated carbocycles. The van der Waals surface area contributed by atoms with Crippen molar-refractivity contribution in [1.29, 1.82) is 0 Å². The first-order chi connectivity index (χ1) is 16.3. The van der Waals surface area contributed by atoms with Crippen LogP contribution in [0.25, 0.3) is 0 Å². The van der Waals surface area contributed by atoms with Crippen molar-refractivity contribution in [2.45, 2.75) is 18.9 Å². The normalized spacial score (nSPS) is 16.8. The van der Waals surface area contributed by atoms with Crippen LogP contribution in [0, 0.1) is 5.92 Å². The van der Waals surface area contributed by atoms with Crippen molar-refractivity contribution < 1.29 is 33.4 Å². The highest BCUT2D eigenvalue weighted by atomic mass is 32.1. The average molecular weight is 489 g/mol. The zero-order chi connectivity index (χ0) is 25.1. The van der Waals surface area contributed by atoms with E-state index in [1.165, 1.54) is 41.3 Å². The summed E-state index contributed by atoms with van der Waals surface area (Å²) in [4.78, 5) is 50.7. The first-order valence-corrected chi connectivity index (χ1v) is 11.0. The second-order valence-electron chi connectivity index (χ2n) is 7.42. The molecule has 0 radical (unpaired) electrons. The van der Waals surface area contributed by atoms with E-state index in [4.69, 9.17) is 14.2 Å². The van der Waals surface area contributed by atoms with Gasteiger partial charge in [-0.05, 0) is 30.5 Å². The number of carbonyl (C=O) groups is 4. The van der Waals surface area contributed by atoms with Crippen molar-refractivity contribution in [3.8, 4) is 5.75 Å². The quantitative estimate of drug-likeness (QED) is 0.264. The van der Waals surface area contributed by atoms with Gasteiger partial charge in [0, 0.05) is 13.0 Å². The van der Waals surface area contributed by atoms with Gasteiger partial charge in [-0.2, -0.15) is 0 Å². The van der Waals surface area contributed by atoms with Gasteiger partial charge in [0.15, 0.2) is 5.12 Å². The summed E-state index contributed by atoms with van der Waals surface area (Å²) < 4.78 is 15.8. The van der Waals surface area contributed by atoms with Crippen molar-refractivity contribution >= 4 is 41.4 Å². The SMILES string of the molecule is C=CCOC(=O)c1ccc(OCC=C)c(NC(=O)[C@@H]2C[C@@H](CC(=O)S)CN2C(=O)OCC=C)c1. The second kappa shape index (κ2) is 13.2. The molecule has 2 rings (SSSR count). The van der Waals surface area contributed by atoms with Crippen LogP contribution in [0.2, 0.25) is 0 Å². The summed E-state index contributed by atoms with van der Waals surface area (Å²) >= 11 is 3.81. The van der Waals surface area contributed by atoms with Crippen molar-refractivity contribution in [3.05, 3.63) is 61.7 Å². The highest BCUT2D eigenvalue weighted by molar-refractivity contribution is 7.96. The van der Waals surface area contributed by atoms with E-state index < -0.39 is 24.0 Å².